The number of benzene rings is 2. The molecule has 0 radical (unpaired) electrons. The minimum Gasteiger partial charge on any atom is -0.298 e. The van der Waals surface area contributed by atoms with Crippen molar-refractivity contribution in [2.75, 3.05) is 0 Å². The van der Waals surface area contributed by atoms with E-state index in [1.54, 1.807) is 0 Å². The fraction of sp³-hybridized carbons (Fsp3) is 0.188. The lowest BCUT2D eigenvalue weighted by molar-refractivity contribution is 0.112. The van der Waals surface area contributed by atoms with Crippen molar-refractivity contribution < 1.29 is 4.79 Å². The normalized spacial score (nSPS) is 13.4. The molecule has 1 aliphatic rings. The number of fused-ring (bicyclic) bond motifs is 1. The zero-order chi connectivity index (χ0) is 11.7. The SMILES string of the molecule is O=Cc1ccccc1-c1cccc2c1CCC2. The molecule has 3 rings (SSSR count). The van der Waals surface area contributed by atoms with E-state index in [0.29, 0.717) is 0 Å². The van der Waals surface area contributed by atoms with Crippen LogP contribution in [0, 0.1) is 0 Å². The van der Waals surface area contributed by atoms with Gasteiger partial charge in [0.1, 0.15) is 0 Å². The lowest BCUT2D eigenvalue weighted by atomic mass is 9.94. The Morgan fingerprint density at radius 3 is 2.59 bits per heavy atom. The van der Waals surface area contributed by atoms with Crippen LogP contribution in [0.1, 0.15) is 27.9 Å². The fourth-order valence-electron chi connectivity index (χ4n) is 2.72. The summed E-state index contributed by atoms with van der Waals surface area (Å²) in [5, 5.41) is 0. The second-order valence-electron chi connectivity index (χ2n) is 4.50. The van der Waals surface area contributed by atoms with Crippen molar-refractivity contribution >= 4 is 6.29 Å². The highest BCUT2D eigenvalue weighted by Gasteiger charge is 2.16. The van der Waals surface area contributed by atoms with Crippen LogP contribution >= 0.6 is 0 Å². The van der Waals surface area contributed by atoms with E-state index in [9.17, 15) is 4.79 Å². The predicted molar refractivity (Wildman–Crippen MR) is 69.3 cm³/mol. The third-order valence-corrected chi connectivity index (χ3v) is 3.52. The highest BCUT2D eigenvalue weighted by atomic mass is 16.1. The Bertz CT molecular complexity index is 569. The lowest BCUT2D eigenvalue weighted by Crippen LogP contribution is -1.92. The number of rotatable bonds is 2. The molecule has 0 atom stereocenters. The number of aryl methyl sites for hydroxylation is 1. The first-order valence-corrected chi connectivity index (χ1v) is 6.05. The van der Waals surface area contributed by atoms with E-state index < -0.39 is 0 Å². The third-order valence-electron chi connectivity index (χ3n) is 3.52. The molecule has 0 aromatic heterocycles. The van der Waals surface area contributed by atoms with Crippen LogP contribution in [0.4, 0.5) is 0 Å². The summed E-state index contributed by atoms with van der Waals surface area (Å²) in [5.74, 6) is 0. The Hall–Kier alpha value is -1.89. The van der Waals surface area contributed by atoms with E-state index in [2.05, 4.69) is 18.2 Å². The monoisotopic (exact) mass is 222 g/mol. The second kappa shape index (κ2) is 4.17. The Morgan fingerprint density at radius 1 is 0.882 bits per heavy atom. The Morgan fingerprint density at radius 2 is 1.71 bits per heavy atom. The van der Waals surface area contributed by atoms with Crippen molar-refractivity contribution in [3.05, 3.63) is 59.2 Å². The van der Waals surface area contributed by atoms with Gasteiger partial charge in [-0.3, -0.25) is 4.79 Å². The summed E-state index contributed by atoms with van der Waals surface area (Å²) in [6.45, 7) is 0. The molecule has 0 amide bonds. The predicted octanol–water partition coefficient (Wildman–Crippen LogP) is 3.65. The van der Waals surface area contributed by atoms with Gasteiger partial charge in [-0.2, -0.15) is 0 Å². The minimum absolute atomic E-state index is 0.785. The van der Waals surface area contributed by atoms with Gasteiger partial charge in [-0.25, -0.2) is 0 Å². The summed E-state index contributed by atoms with van der Waals surface area (Å²) >= 11 is 0. The van der Waals surface area contributed by atoms with Gasteiger partial charge in [-0.1, -0.05) is 42.5 Å². The highest BCUT2D eigenvalue weighted by Crippen LogP contribution is 2.33. The van der Waals surface area contributed by atoms with Gasteiger partial charge >= 0.3 is 0 Å². The van der Waals surface area contributed by atoms with Gasteiger partial charge in [-0.05, 0) is 41.5 Å². The molecule has 0 fully saturated rings. The van der Waals surface area contributed by atoms with Gasteiger partial charge in [-0.15, -0.1) is 0 Å². The molecule has 1 aliphatic carbocycles. The highest BCUT2D eigenvalue weighted by molar-refractivity contribution is 5.88. The van der Waals surface area contributed by atoms with E-state index in [4.69, 9.17) is 0 Å². The van der Waals surface area contributed by atoms with E-state index >= 15 is 0 Å². The topological polar surface area (TPSA) is 17.1 Å². The summed E-state index contributed by atoms with van der Waals surface area (Å²) in [4.78, 5) is 11.1. The van der Waals surface area contributed by atoms with Crippen LogP contribution in [0.2, 0.25) is 0 Å². The molecule has 2 aromatic rings. The molecule has 0 aliphatic heterocycles. The quantitative estimate of drug-likeness (QED) is 0.709. The van der Waals surface area contributed by atoms with Crippen molar-refractivity contribution in [2.24, 2.45) is 0 Å². The van der Waals surface area contributed by atoms with E-state index in [1.165, 1.54) is 29.5 Å². The van der Waals surface area contributed by atoms with Crippen LogP contribution in [0.15, 0.2) is 42.5 Å². The Balaban J connectivity index is 2.22. The Kier molecular flexibility index (Phi) is 2.52. The van der Waals surface area contributed by atoms with Gasteiger partial charge < -0.3 is 0 Å². The van der Waals surface area contributed by atoms with E-state index in [-0.39, 0.29) is 0 Å². The molecule has 0 N–H and O–H groups in total. The molecule has 0 unspecified atom stereocenters. The van der Waals surface area contributed by atoms with Gasteiger partial charge in [0.2, 0.25) is 0 Å². The molecule has 0 bridgehead atoms. The van der Waals surface area contributed by atoms with Crippen molar-refractivity contribution in [1.82, 2.24) is 0 Å². The van der Waals surface area contributed by atoms with Gasteiger partial charge in [0.25, 0.3) is 0 Å². The zero-order valence-electron chi connectivity index (χ0n) is 9.65. The molecule has 0 saturated heterocycles. The van der Waals surface area contributed by atoms with E-state index in [1.807, 2.05) is 24.3 Å². The smallest absolute Gasteiger partial charge is 0.150 e. The molecule has 17 heavy (non-hydrogen) atoms. The number of carbonyl (C=O) groups excluding carboxylic acids is 1. The van der Waals surface area contributed by atoms with Crippen LogP contribution in [-0.2, 0) is 12.8 Å². The summed E-state index contributed by atoms with van der Waals surface area (Å²) < 4.78 is 0. The van der Waals surface area contributed by atoms with Crippen LogP contribution in [0.5, 0.6) is 0 Å². The third kappa shape index (κ3) is 1.68. The summed E-state index contributed by atoms with van der Waals surface area (Å²) in [5.41, 5.74) is 5.97. The largest absolute Gasteiger partial charge is 0.298 e. The minimum atomic E-state index is 0.785. The maximum Gasteiger partial charge on any atom is 0.150 e. The number of carbonyl (C=O) groups is 1. The molecule has 1 nitrogen and oxygen atoms in total. The fourth-order valence-corrected chi connectivity index (χ4v) is 2.72. The van der Waals surface area contributed by atoms with Crippen molar-refractivity contribution in [2.45, 2.75) is 19.3 Å². The first-order valence-electron chi connectivity index (χ1n) is 6.05. The van der Waals surface area contributed by atoms with Crippen LogP contribution in [-0.4, -0.2) is 6.29 Å². The first-order chi connectivity index (χ1) is 8.40. The molecule has 0 saturated carbocycles. The second-order valence-corrected chi connectivity index (χ2v) is 4.50. The number of hydrogen-bond acceptors (Lipinski definition) is 1. The van der Waals surface area contributed by atoms with Crippen LogP contribution in [0.25, 0.3) is 11.1 Å². The molecular formula is C16H14O. The van der Waals surface area contributed by atoms with Crippen molar-refractivity contribution in [3.8, 4) is 11.1 Å². The molecule has 0 spiro atoms. The van der Waals surface area contributed by atoms with Gasteiger partial charge in [0, 0.05) is 5.56 Å². The van der Waals surface area contributed by atoms with Gasteiger partial charge in [0.15, 0.2) is 6.29 Å². The first kappa shape index (κ1) is 10.3. The number of aldehydes is 1. The van der Waals surface area contributed by atoms with Crippen LogP contribution in [0.3, 0.4) is 0 Å². The van der Waals surface area contributed by atoms with Crippen molar-refractivity contribution in [1.29, 1.82) is 0 Å². The average molecular weight is 222 g/mol. The van der Waals surface area contributed by atoms with Crippen molar-refractivity contribution in [3.63, 3.8) is 0 Å². The molecule has 0 heterocycles. The standard InChI is InChI=1S/C16H14O/c17-11-13-5-1-2-8-15(13)16-10-4-7-12-6-3-9-14(12)16/h1-2,4-5,7-8,10-11H,3,6,9H2. The maximum absolute atomic E-state index is 11.1. The molecular weight excluding hydrogens is 208 g/mol. The summed E-state index contributed by atoms with van der Waals surface area (Å²) in [7, 11) is 0. The molecule has 1 heteroatoms. The Labute approximate surface area is 101 Å². The molecule has 84 valence electrons. The maximum atomic E-state index is 11.1. The lowest BCUT2D eigenvalue weighted by Gasteiger charge is -2.10. The summed E-state index contributed by atoms with van der Waals surface area (Å²) in [6, 6.07) is 14.3. The van der Waals surface area contributed by atoms with Gasteiger partial charge in [0.05, 0.1) is 0 Å². The average Bonchev–Trinajstić information content (AvgIpc) is 2.86. The van der Waals surface area contributed by atoms with Crippen LogP contribution < -0.4 is 0 Å². The van der Waals surface area contributed by atoms with E-state index in [0.717, 1.165) is 23.8 Å². The molecule has 2 aromatic carbocycles. The number of hydrogen-bond donors (Lipinski definition) is 0. The zero-order valence-corrected chi connectivity index (χ0v) is 9.65. The summed E-state index contributed by atoms with van der Waals surface area (Å²) in [6.07, 6.45) is 4.49.